The highest BCUT2D eigenvalue weighted by atomic mass is 16.5. The number of ether oxygens (including phenoxy) is 1. The van der Waals surface area contributed by atoms with E-state index in [1.165, 1.54) is 10.7 Å². The van der Waals surface area contributed by atoms with Crippen molar-refractivity contribution in [3.05, 3.63) is 35.7 Å². The molecule has 0 saturated heterocycles. The summed E-state index contributed by atoms with van der Waals surface area (Å²) in [6.45, 7) is 0.113. The third-order valence-electron chi connectivity index (χ3n) is 2.29. The van der Waals surface area contributed by atoms with Gasteiger partial charge in [-0.05, 0) is 12.1 Å². The molecule has 94 valence electrons. The fourth-order valence-corrected chi connectivity index (χ4v) is 1.49. The van der Waals surface area contributed by atoms with Crippen molar-refractivity contribution in [3.63, 3.8) is 0 Å². The van der Waals surface area contributed by atoms with Gasteiger partial charge in [0, 0.05) is 7.05 Å². The molecule has 7 nitrogen and oxygen atoms in total. The molecule has 0 unspecified atom stereocenters. The van der Waals surface area contributed by atoms with Gasteiger partial charge in [-0.2, -0.15) is 0 Å². The minimum Gasteiger partial charge on any atom is -0.484 e. The number of carboxylic acid groups (broad SMARTS) is 1. The lowest BCUT2D eigenvalue weighted by Gasteiger charge is -2.10. The highest BCUT2D eigenvalue weighted by Gasteiger charge is 2.14. The van der Waals surface area contributed by atoms with Crippen molar-refractivity contribution in [1.29, 1.82) is 0 Å². The van der Waals surface area contributed by atoms with Crippen LogP contribution in [0.3, 0.4) is 0 Å². The monoisotopic (exact) mass is 248 g/mol. The van der Waals surface area contributed by atoms with Crippen LogP contribution in [0, 0.1) is 0 Å². The molecule has 3 N–H and O–H groups in total. The molecule has 0 bridgehead atoms. The molecule has 0 aliphatic carbocycles. The van der Waals surface area contributed by atoms with Gasteiger partial charge in [0.1, 0.15) is 17.9 Å². The molecule has 0 atom stereocenters. The van der Waals surface area contributed by atoms with Crippen LogP contribution in [-0.2, 0) is 13.7 Å². The average Bonchev–Trinajstić information content (AvgIpc) is 2.73. The van der Waals surface area contributed by atoms with Crippen molar-refractivity contribution in [3.8, 4) is 5.75 Å². The number of para-hydroxylation sites is 1. The lowest BCUT2D eigenvalue weighted by Crippen LogP contribution is -2.06. The molecule has 7 heteroatoms. The number of hydrogen-bond donors (Lipinski definition) is 2. The Morgan fingerprint density at radius 3 is 2.94 bits per heavy atom. The van der Waals surface area contributed by atoms with Gasteiger partial charge in [0.15, 0.2) is 5.75 Å². The van der Waals surface area contributed by atoms with Crippen LogP contribution in [0.4, 0.5) is 5.69 Å². The van der Waals surface area contributed by atoms with Gasteiger partial charge in [-0.3, -0.25) is 4.68 Å². The minimum atomic E-state index is -1.09. The van der Waals surface area contributed by atoms with Gasteiger partial charge in [0.25, 0.3) is 0 Å². The topological polar surface area (TPSA) is 103 Å². The standard InChI is InChI=1S/C11H12N4O3/c1-15-5-7(13-14-15)6-18-10-8(11(16)17)3-2-4-9(10)12/h2-5H,6,12H2,1H3,(H,16,17). The van der Waals surface area contributed by atoms with Crippen molar-refractivity contribution >= 4 is 11.7 Å². The smallest absolute Gasteiger partial charge is 0.339 e. The van der Waals surface area contributed by atoms with Crippen LogP contribution in [0.5, 0.6) is 5.75 Å². The number of aromatic carboxylic acids is 1. The fourth-order valence-electron chi connectivity index (χ4n) is 1.49. The number of carbonyl (C=O) groups is 1. The maximum absolute atomic E-state index is 11.0. The van der Waals surface area contributed by atoms with Crippen molar-refractivity contribution < 1.29 is 14.6 Å². The van der Waals surface area contributed by atoms with Gasteiger partial charge in [0.2, 0.25) is 0 Å². The molecule has 1 aromatic carbocycles. The highest BCUT2D eigenvalue weighted by Crippen LogP contribution is 2.27. The summed E-state index contributed by atoms with van der Waals surface area (Å²) in [7, 11) is 1.73. The molecule has 2 rings (SSSR count). The molecule has 0 amide bonds. The first-order valence-corrected chi connectivity index (χ1v) is 5.17. The predicted molar refractivity (Wildman–Crippen MR) is 63.1 cm³/mol. The molecule has 0 spiro atoms. The van der Waals surface area contributed by atoms with Crippen LogP contribution in [-0.4, -0.2) is 26.1 Å². The summed E-state index contributed by atoms with van der Waals surface area (Å²) in [5.74, 6) is -0.938. The SMILES string of the molecule is Cn1cc(COc2c(N)cccc2C(=O)O)nn1. The molecule has 0 aliphatic rings. The van der Waals surface area contributed by atoms with Gasteiger partial charge in [0.05, 0.1) is 11.9 Å². The van der Waals surface area contributed by atoms with Gasteiger partial charge in [-0.15, -0.1) is 5.10 Å². The van der Waals surface area contributed by atoms with Crippen LogP contribution >= 0.6 is 0 Å². The van der Waals surface area contributed by atoms with Gasteiger partial charge < -0.3 is 15.6 Å². The summed E-state index contributed by atoms with van der Waals surface area (Å²) in [4.78, 5) is 11.0. The van der Waals surface area contributed by atoms with E-state index in [1.54, 1.807) is 25.4 Å². The number of nitrogen functional groups attached to an aromatic ring is 1. The zero-order valence-corrected chi connectivity index (χ0v) is 9.70. The Kier molecular flexibility index (Phi) is 3.13. The van der Waals surface area contributed by atoms with Crippen molar-refractivity contribution in [2.24, 2.45) is 7.05 Å². The maximum Gasteiger partial charge on any atom is 0.339 e. The lowest BCUT2D eigenvalue weighted by molar-refractivity contribution is 0.0692. The van der Waals surface area contributed by atoms with Crippen molar-refractivity contribution in [2.75, 3.05) is 5.73 Å². The van der Waals surface area contributed by atoms with Gasteiger partial charge >= 0.3 is 5.97 Å². The van der Waals surface area contributed by atoms with E-state index in [4.69, 9.17) is 15.6 Å². The number of benzene rings is 1. The van der Waals surface area contributed by atoms with Crippen LogP contribution in [0.25, 0.3) is 0 Å². The van der Waals surface area contributed by atoms with Crippen LogP contribution in [0.1, 0.15) is 16.1 Å². The second-order valence-corrected chi connectivity index (χ2v) is 3.70. The number of aryl methyl sites for hydroxylation is 1. The second kappa shape index (κ2) is 4.74. The molecule has 2 aromatic rings. The first kappa shape index (κ1) is 11.9. The summed E-state index contributed by atoms with van der Waals surface area (Å²) in [6.07, 6.45) is 1.68. The summed E-state index contributed by atoms with van der Waals surface area (Å²) >= 11 is 0. The highest BCUT2D eigenvalue weighted by molar-refractivity contribution is 5.93. The Labute approximate surface area is 103 Å². The number of aromatic nitrogens is 3. The zero-order valence-electron chi connectivity index (χ0n) is 9.70. The molecule has 1 heterocycles. The normalized spacial score (nSPS) is 10.3. The number of rotatable bonds is 4. The maximum atomic E-state index is 11.0. The van der Waals surface area contributed by atoms with Crippen LogP contribution in [0.2, 0.25) is 0 Å². The molecule has 0 saturated carbocycles. The Morgan fingerprint density at radius 2 is 2.33 bits per heavy atom. The van der Waals surface area contributed by atoms with Crippen LogP contribution in [0.15, 0.2) is 24.4 Å². The Morgan fingerprint density at radius 1 is 1.56 bits per heavy atom. The van der Waals surface area contributed by atoms with E-state index in [0.717, 1.165) is 0 Å². The summed E-state index contributed by atoms with van der Waals surface area (Å²) < 4.78 is 6.94. The lowest BCUT2D eigenvalue weighted by atomic mass is 10.2. The van der Waals surface area contributed by atoms with E-state index in [9.17, 15) is 4.79 Å². The van der Waals surface area contributed by atoms with E-state index in [1.807, 2.05) is 0 Å². The molecule has 18 heavy (non-hydrogen) atoms. The average molecular weight is 248 g/mol. The Balaban J connectivity index is 2.20. The van der Waals surface area contributed by atoms with E-state index in [-0.39, 0.29) is 23.6 Å². The van der Waals surface area contributed by atoms with Crippen LogP contribution < -0.4 is 10.5 Å². The third-order valence-corrected chi connectivity index (χ3v) is 2.29. The predicted octanol–water partition coefficient (Wildman–Crippen LogP) is 0.674. The molecule has 0 radical (unpaired) electrons. The summed E-state index contributed by atoms with van der Waals surface area (Å²) in [5.41, 5.74) is 6.60. The third kappa shape index (κ3) is 2.40. The first-order valence-electron chi connectivity index (χ1n) is 5.17. The zero-order chi connectivity index (χ0) is 13.1. The van der Waals surface area contributed by atoms with Gasteiger partial charge in [-0.1, -0.05) is 11.3 Å². The summed E-state index contributed by atoms with van der Waals surface area (Å²) in [5, 5.41) is 16.6. The number of anilines is 1. The fraction of sp³-hybridized carbons (Fsp3) is 0.182. The number of nitrogens with zero attached hydrogens (tertiary/aromatic N) is 3. The van der Waals surface area contributed by atoms with Crippen molar-refractivity contribution in [2.45, 2.75) is 6.61 Å². The summed E-state index contributed by atoms with van der Waals surface area (Å²) in [6, 6.07) is 4.58. The number of carboxylic acids is 1. The quantitative estimate of drug-likeness (QED) is 0.771. The number of nitrogens with two attached hydrogens (primary N) is 1. The Hall–Kier alpha value is -2.57. The van der Waals surface area contributed by atoms with E-state index in [0.29, 0.717) is 5.69 Å². The number of hydrogen-bond acceptors (Lipinski definition) is 5. The van der Waals surface area contributed by atoms with E-state index in [2.05, 4.69) is 10.3 Å². The van der Waals surface area contributed by atoms with E-state index >= 15 is 0 Å². The molecule has 0 fully saturated rings. The largest absolute Gasteiger partial charge is 0.484 e. The van der Waals surface area contributed by atoms with Crippen molar-refractivity contribution in [1.82, 2.24) is 15.0 Å². The molecule has 0 aliphatic heterocycles. The second-order valence-electron chi connectivity index (χ2n) is 3.70. The molecular weight excluding hydrogens is 236 g/mol. The van der Waals surface area contributed by atoms with Gasteiger partial charge in [-0.25, -0.2) is 4.79 Å². The molecule has 1 aromatic heterocycles. The Bertz CT molecular complexity index is 579. The molecular formula is C11H12N4O3. The first-order chi connectivity index (χ1) is 8.58. The minimum absolute atomic E-state index is 0.0268. The van der Waals surface area contributed by atoms with E-state index < -0.39 is 5.97 Å².